The van der Waals surface area contributed by atoms with Gasteiger partial charge in [-0.15, -0.1) is 0 Å². The van der Waals surface area contributed by atoms with Crippen molar-refractivity contribution in [2.24, 2.45) is 0 Å². The van der Waals surface area contributed by atoms with E-state index < -0.39 is 5.54 Å². The standard InChI is InChI=1S/C21H23N3O3/c1-21(2,3)24(20(26)18-7-5-6-10-22-18)13-15-11-14-12-16(27-4)8-9-17(14)23-19(15)25/h5-12H,13H2,1-4H3,(H,23,25). The summed E-state index contributed by atoms with van der Waals surface area (Å²) < 4.78 is 5.26. The molecule has 0 aliphatic rings. The fourth-order valence-corrected chi connectivity index (χ4v) is 2.89. The van der Waals surface area contributed by atoms with Crippen LogP contribution in [0.1, 0.15) is 36.8 Å². The minimum atomic E-state index is -0.482. The zero-order valence-corrected chi connectivity index (χ0v) is 15.9. The Kier molecular flexibility index (Phi) is 4.99. The van der Waals surface area contributed by atoms with Crippen molar-refractivity contribution in [3.63, 3.8) is 0 Å². The molecule has 2 heterocycles. The maximum Gasteiger partial charge on any atom is 0.273 e. The summed E-state index contributed by atoms with van der Waals surface area (Å²) in [6, 6.07) is 12.5. The lowest BCUT2D eigenvalue weighted by molar-refractivity contribution is 0.0552. The average Bonchev–Trinajstić information content (AvgIpc) is 2.65. The summed E-state index contributed by atoms with van der Waals surface area (Å²) >= 11 is 0. The molecule has 140 valence electrons. The van der Waals surface area contributed by atoms with E-state index in [0.717, 1.165) is 10.9 Å². The Hall–Kier alpha value is -3.15. The third kappa shape index (κ3) is 4.00. The van der Waals surface area contributed by atoms with Crippen LogP contribution >= 0.6 is 0 Å². The lowest BCUT2D eigenvalue weighted by atomic mass is 10.0. The molecule has 6 heteroatoms. The molecule has 3 rings (SSSR count). The van der Waals surface area contributed by atoms with E-state index in [1.165, 1.54) is 0 Å². The lowest BCUT2D eigenvalue weighted by Gasteiger charge is -2.35. The number of amides is 1. The number of rotatable bonds is 4. The molecule has 27 heavy (non-hydrogen) atoms. The lowest BCUT2D eigenvalue weighted by Crippen LogP contribution is -2.46. The van der Waals surface area contributed by atoms with Gasteiger partial charge in [-0.1, -0.05) is 6.07 Å². The zero-order chi connectivity index (χ0) is 19.6. The highest BCUT2D eigenvalue weighted by atomic mass is 16.5. The number of carbonyl (C=O) groups excluding carboxylic acids is 1. The van der Waals surface area contributed by atoms with Crippen molar-refractivity contribution >= 4 is 16.8 Å². The minimum Gasteiger partial charge on any atom is -0.497 e. The number of nitrogens with one attached hydrogen (secondary N) is 1. The molecule has 0 radical (unpaired) electrons. The van der Waals surface area contributed by atoms with E-state index in [-0.39, 0.29) is 18.0 Å². The largest absolute Gasteiger partial charge is 0.497 e. The maximum absolute atomic E-state index is 13.0. The first-order chi connectivity index (χ1) is 12.8. The highest BCUT2D eigenvalue weighted by Gasteiger charge is 2.29. The molecule has 2 aromatic heterocycles. The van der Waals surface area contributed by atoms with Crippen LogP contribution in [0.3, 0.4) is 0 Å². The summed E-state index contributed by atoms with van der Waals surface area (Å²) in [6.45, 7) is 5.99. The van der Waals surface area contributed by atoms with E-state index in [1.807, 2.05) is 26.8 Å². The Morgan fingerprint density at radius 1 is 1.19 bits per heavy atom. The van der Waals surface area contributed by atoms with Gasteiger partial charge in [-0.05, 0) is 57.2 Å². The van der Waals surface area contributed by atoms with E-state index >= 15 is 0 Å². The second-order valence-corrected chi connectivity index (χ2v) is 7.35. The molecular formula is C21H23N3O3. The van der Waals surface area contributed by atoms with E-state index in [4.69, 9.17) is 4.74 Å². The summed E-state index contributed by atoms with van der Waals surface area (Å²) in [4.78, 5) is 34.3. The van der Waals surface area contributed by atoms with Crippen LogP contribution < -0.4 is 10.3 Å². The van der Waals surface area contributed by atoms with Gasteiger partial charge in [-0.25, -0.2) is 0 Å². The number of benzene rings is 1. The number of hydrogen-bond donors (Lipinski definition) is 1. The fourth-order valence-electron chi connectivity index (χ4n) is 2.89. The second-order valence-electron chi connectivity index (χ2n) is 7.35. The van der Waals surface area contributed by atoms with E-state index in [1.54, 1.807) is 54.6 Å². The predicted octanol–water partition coefficient (Wildman–Crippen LogP) is 3.37. The number of carbonyl (C=O) groups is 1. The number of aromatic amines is 1. The SMILES string of the molecule is COc1ccc2[nH]c(=O)c(CN(C(=O)c3ccccn3)C(C)(C)C)cc2c1. The molecule has 1 N–H and O–H groups in total. The number of methoxy groups -OCH3 is 1. The molecule has 3 aromatic rings. The third-order valence-corrected chi connectivity index (χ3v) is 4.40. The Morgan fingerprint density at radius 3 is 2.59 bits per heavy atom. The summed E-state index contributed by atoms with van der Waals surface area (Å²) in [5, 5.41) is 0.850. The molecule has 0 saturated heterocycles. The molecule has 0 aliphatic heterocycles. The van der Waals surface area contributed by atoms with E-state index in [2.05, 4.69) is 9.97 Å². The monoisotopic (exact) mass is 365 g/mol. The Bertz CT molecular complexity index is 1020. The summed E-state index contributed by atoms with van der Waals surface area (Å²) in [5.74, 6) is 0.492. The molecule has 0 saturated carbocycles. The van der Waals surface area contributed by atoms with Gasteiger partial charge in [0, 0.05) is 28.2 Å². The van der Waals surface area contributed by atoms with Crippen LogP contribution in [-0.2, 0) is 6.54 Å². The third-order valence-electron chi connectivity index (χ3n) is 4.40. The molecule has 6 nitrogen and oxygen atoms in total. The van der Waals surface area contributed by atoms with Crippen molar-refractivity contribution < 1.29 is 9.53 Å². The van der Waals surface area contributed by atoms with Crippen LogP contribution in [0, 0.1) is 0 Å². The van der Waals surface area contributed by atoms with E-state index in [0.29, 0.717) is 17.0 Å². The molecule has 1 aromatic carbocycles. The van der Waals surface area contributed by atoms with Gasteiger partial charge in [0.25, 0.3) is 11.5 Å². The Morgan fingerprint density at radius 2 is 1.96 bits per heavy atom. The quantitative estimate of drug-likeness (QED) is 0.769. The van der Waals surface area contributed by atoms with Gasteiger partial charge in [0.2, 0.25) is 0 Å². The molecule has 0 aliphatic carbocycles. The van der Waals surface area contributed by atoms with E-state index in [9.17, 15) is 9.59 Å². The van der Waals surface area contributed by atoms with Gasteiger partial charge < -0.3 is 14.6 Å². The van der Waals surface area contributed by atoms with Gasteiger partial charge in [-0.2, -0.15) is 0 Å². The average molecular weight is 365 g/mol. The van der Waals surface area contributed by atoms with Crippen molar-refractivity contribution in [1.82, 2.24) is 14.9 Å². The zero-order valence-electron chi connectivity index (χ0n) is 15.9. The van der Waals surface area contributed by atoms with Crippen LogP contribution in [0.2, 0.25) is 0 Å². The highest BCUT2D eigenvalue weighted by molar-refractivity contribution is 5.92. The molecule has 0 spiro atoms. The smallest absolute Gasteiger partial charge is 0.273 e. The number of aromatic nitrogens is 2. The number of nitrogens with zero attached hydrogens (tertiary/aromatic N) is 2. The van der Waals surface area contributed by atoms with Gasteiger partial charge in [0.15, 0.2) is 0 Å². The van der Waals surface area contributed by atoms with Crippen molar-refractivity contribution in [1.29, 1.82) is 0 Å². The Labute approximate surface area is 157 Å². The maximum atomic E-state index is 13.0. The van der Waals surface area contributed by atoms with Crippen molar-refractivity contribution in [3.05, 3.63) is 70.3 Å². The van der Waals surface area contributed by atoms with Crippen molar-refractivity contribution in [3.8, 4) is 5.75 Å². The van der Waals surface area contributed by atoms with Crippen LogP contribution in [0.5, 0.6) is 5.75 Å². The number of H-pyrrole nitrogens is 1. The van der Waals surface area contributed by atoms with Crippen LogP contribution in [-0.4, -0.2) is 33.4 Å². The van der Waals surface area contributed by atoms with Crippen LogP contribution in [0.15, 0.2) is 53.5 Å². The van der Waals surface area contributed by atoms with Crippen molar-refractivity contribution in [2.45, 2.75) is 32.9 Å². The molecular weight excluding hydrogens is 342 g/mol. The van der Waals surface area contributed by atoms with Crippen LogP contribution in [0.4, 0.5) is 0 Å². The number of ether oxygens (including phenoxy) is 1. The predicted molar refractivity (Wildman–Crippen MR) is 105 cm³/mol. The first-order valence-corrected chi connectivity index (χ1v) is 8.72. The second kappa shape index (κ2) is 7.23. The molecule has 0 bridgehead atoms. The molecule has 0 atom stereocenters. The molecule has 0 fully saturated rings. The Balaban J connectivity index is 2.02. The summed E-state index contributed by atoms with van der Waals surface area (Å²) in [6.07, 6.45) is 1.59. The van der Waals surface area contributed by atoms with Gasteiger partial charge >= 0.3 is 0 Å². The summed E-state index contributed by atoms with van der Waals surface area (Å²) in [7, 11) is 1.60. The van der Waals surface area contributed by atoms with Crippen LogP contribution in [0.25, 0.3) is 10.9 Å². The molecule has 0 unspecified atom stereocenters. The topological polar surface area (TPSA) is 75.3 Å². The first kappa shape index (κ1) is 18.6. The minimum absolute atomic E-state index is 0.182. The van der Waals surface area contributed by atoms with Gasteiger partial charge in [-0.3, -0.25) is 14.6 Å². The number of fused-ring (bicyclic) bond motifs is 1. The van der Waals surface area contributed by atoms with Gasteiger partial charge in [0.1, 0.15) is 11.4 Å². The highest BCUT2D eigenvalue weighted by Crippen LogP contribution is 2.22. The normalized spacial score (nSPS) is 11.4. The summed E-state index contributed by atoms with van der Waals surface area (Å²) in [5.41, 5.74) is 0.893. The fraction of sp³-hybridized carbons (Fsp3) is 0.286. The first-order valence-electron chi connectivity index (χ1n) is 8.72. The molecule has 1 amide bonds. The number of hydrogen-bond acceptors (Lipinski definition) is 4. The van der Waals surface area contributed by atoms with Crippen molar-refractivity contribution in [2.75, 3.05) is 7.11 Å². The van der Waals surface area contributed by atoms with Gasteiger partial charge in [0.05, 0.1) is 13.7 Å². The number of pyridine rings is 2.